The van der Waals surface area contributed by atoms with Gasteiger partial charge in [-0.15, -0.1) is 0 Å². The lowest BCUT2D eigenvalue weighted by Crippen LogP contribution is -2.58. The van der Waals surface area contributed by atoms with E-state index in [4.69, 9.17) is 4.74 Å². The third kappa shape index (κ3) is 6.28. The molecule has 8 nitrogen and oxygen atoms in total. The zero-order valence-corrected chi connectivity index (χ0v) is 25.8. The van der Waals surface area contributed by atoms with E-state index in [0.29, 0.717) is 36.6 Å². The van der Waals surface area contributed by atoms with E-state index in [9.17, 15) is 22.8 Å². The fourth-order valence-corrected chi connectivity index (χ4v) is 6.01. The summed E-state index contributed by atoms with van der Waals surface area (Å²) in [4.78, 5) is 38.6. The van der Waals surface area contributed by atoms with E-state index >= 15 is 4.39 Å². The molecule has 1 aromatic heterocycles. The molecular formula is C33H35F4N5O3. The Kier molecular flexibility index (Phi) is 8.97. The number of aldehydes is 1. The van der Waals surface area contributed by atoms with Gasteiger partial charge in [0.2, 0.25) is 5.91 Å². The largest absolute Gasteiger partial charge is 0.463 e. The molecule has 4 aromatic rings. The summed E-state index contributed by atoms with van der Waals surface area (Å²) in [7, 11) is 3.81. The summed E-state index contributed by atoms with van der Waals surface area (Å²) in [6.07, 6.45) is -3.96. The Labute approximate surface area is 258 Å². The van der Waals surface area contributed by atoms with Crippen LogP contribution in [0.25, 0.3) is 32.8 Å². The molecule has 5 rings (SSSR count). The van der Waals surface area contributed by atoms with Crippen LogP contribution in [-0.4, -0.2) is 84.4 Å². The smallest absolute Gasteiger partial charge is 0.417 e. The van der Waals surface area contributed by atoms with Gasteiger partial charge in [0, 0.05) is 60.7 Å². The maximum absolute atomic E-state index is 16.9. The number of hydrogen-bond acceptors (Lipinski definition) is 7. The maximum Gasteiger partial charge on any atom is 0.417 e. The number of carbonyl (C=O) groups is 2. The quantitative estimate of drug-likeness (QED) is 0.131. The van der Waals surface area contributed by atoms with E-state index < -0.39 is 23.1 Å². The molecule has 238 valence electrons. The molecule has 12 heteroatoms. The summed E-state index contributed by atoms with van der Waals surface area (Å²) >= 11 is 0. The van der Waals surface area contributed by atoms with Crippen molar-refractivity contribution in [1.82, 2.24) is 19.8 Å². The van der Waals surface area contributed by atoms with Crippen LogP contribution >= 0.6 is 0 Å². The van der Waals surface area contributed by atoms with Gasteiger partial charge in [-0.25, -0.2) is 4.39 Å². The van der Waals surface area contributed by atoms with Crippen molar-refractivity contribution < 1.29 is 31.9 Å². The number of anilines is 1. The van der Waals surface area contributed by atoms with E-state index in [1.54, 1.807) is 40.1 Å². The van der Waals surface area contributed by atoms with Gasteiger partial charge in [0.1, 0.15) is 11.3 Å². The van der Waals surface area contributed by atoms with E-state index in [2.05, 4.69) is 9.97 Å². The predicted octanol–water partition coefficient (Wildman–Crippen LogP) is 6.20. The highest BCUT2D eigenvalue weighted by atomic mass is 19.4. The molecule has 0 aliphatic carbocycles. The highest BCUT2D eigenvalue weighted by Crippen LogP contribution is 2.46. The number of nitrogens with zero attached hydrogens (tertiary/aromatic N) is 5. The number of piperazine rings is 1. The number of hydrogen-bond donors (Lipinski definition) is 0. The molecule has 1 aliphatic heterocycles. The van der Waals surface area contributed by atoms with Crippen LogP contribution in [0.1, 0.15) is 43.1 Å². The normalized spacial score (nSPS) is 17.4. The van der Waals surface area contributed by atoms with Crippen molar-refractivity contribution in [2.75, 3.05) is 45.2 Å². The van der Waals surface area contributed by atoms with Crippen LogP contribution in [0.4, 0.5) is 23.4 Å². The molecule has 2 heterocycles. The molecule has 0 unspecified atom stereocenters. The van der Waals surface area contributed by atoms with Crippen molar-refractivity contribution in [2.24, 2.45) is 0 Å². The van der Waals surface area contributed by atoms with E-state index in [1.165, 1.54) is 13.0 Å². The molecule has 1 fully saturated rings. The number of halogens is 4. The van der Waals surface area contributed by atoms with Gasteiger partial charge in [0.05, 0.1) is 12.2 Å². The summed E-state index contributed by atoms with van der Waals surface area (Å²) in [5.41, 5.74) is -2.63. The van der Waals surface area contributed by atoms with Gasteiger partial charge in [-0.2, -0.15) is 23.1 Å². The number of benzene rings is 3. The van der Waals surface area contributed by atoms with Crippen LogP contribution in [0.15, 0.2) is 42.5 Å². The number of rotatable bonds is 8. The Morgan fingerprint density at radius 3 is 2.44 bits per heavy atom. The summed E-state index contributed by atoms with van der Waals surface area (Å²) in [5, 5.41) is 0.695. The van der Waals surface area contributed by atoms with Gasteiger partial charge in [-0.05, 0) is 51.2 Å². The van der Waals surface area contributed by atoms with Crippen molar-refractivity contribution in [3.63, 3.8) is 0 Å². The number of alkyl halides is 3. The first-order valence-corrected chi connectivity index (χ1v) is 14.7. The predicted molar refractivity (Wildman–Crippen MR) is 165 cm³/mol. The summed E-state index contributed by atoms with van der Waals surface area (Å²) < 4.78 is 67.5. The lowest BCUT2D eigenvalue weighted by atomic mass is 9.89. The van der Waals surface area contributed by atoms with E-state index in [0.717, 1.165) is 6.07 Å². The van der Waals surface area contributed by atoms with Crippen LogP contribution in [0.2, 0.25) is 0 Å². The summed E-state index contributed by atoms with van der Waals surface area (Å²) in [5.74, 6) is -1.28. The second kappa shape index (κ2) is 12.6. The van der Waals surface area contributed by atoms with E-state index in [1.807, 2.05) is 32.8 Å². The number of carbonyl (C=O) groups excluding carboxylic acids is 2. The zero-order valence-electron chi connectivity index (χ0n) is 25.8. The van der Waals surface area contributed by atoms with Crippen LogP contribution in [0, 0.1) is 5.82 Å². The van der Waals surface area contributed by atoms with Gasteiger partial charge >= 0.3 is 12.2 Å². The van der Waals surface area contributed by atoms with Crippen molar-refractivity contribution in [2.45, 2.75) is 45.5 Å². The minimum atomic E-state index is -4.99. The second-order valence-corrected chi connectivity index (χ2v) is 11.7. The third-order valence-corrected chi connectivity index (χ3v) is 8.18. The Morgan fingerprint density at radius 2 is 1.78 bits per heavy atom. The molecule has 1 aliphatic rings. The molecule has 1 amide bonds. The first kappa shape index (κ1) is 32.1. The number of aromatic nitrogens is 2. The first-order valence-electron chi connectivity index (χ1n) is 14.7. The van der Waals surface area contributed by atoms with Crippen molar-refractivity contribution in [1.29, 1.82) is 0 Å². The Hall–Kier alpha value is -4.32. The standard InChI is InChI=1S/C33H35F4N5O3/c1-19-17-42(20(2)16-41(19)21(3)44)31-25-15-26(33(35,36)37)28(27-23(18-43)12-11-22-9-6-7-10-24(22)27)29(34)30(25)38-32(39-31)45-14-8-13-40(4)5/h6-7,9-12,15,18-20H,8,13-14,16-17H2,1-5H3/t19-,20+/m1/s1. The summed E-state index contributed by atoms with van der Waals surface area (Å²) in [6.45, 7) is 6.57. The first-order chi connectivity index (χ1) is 21.3. The molecule has 45 heavy (non-hydrogen) atoms. The Balaban J connectivity index is 1.80. The molecule has 2 atom stereocenters. The molecular weight excluding hydrogens is 590 g/mol. The fourth-order valence-electron chi connectivity index (χ4n) is 6.01. The zero-order chi connectivity index (χ0) is 32.6. The average Bonchev–Trinajstić information content (AvgIpc) is 2.99. The number of amides is 1. The van der Waals surface area contributed by atoms with Crippen LogP contribution in [0.3, 0.4) is 0 Å². The SMILES string of the molecule is CC(=O)N1C[C@H](C)N(c2nc(OCCCN(C)C)nc3c(F)c(-c4c(C=O)ccc5ccccc45)c(C(F)(F)F)cc23)C[C@H]1C. The average molecular weight is 626 g/mol. The molecule has 0 spiro atoms. The van der Waals surface area contributed by atoms with Crippen molar-refractivity contribution in [3.8, 4) is 17.1 Å². The lowest BCUT2D eigenvalue weighted by molar-refractivity contribution is -0.137. The number of ether oxygens (including phenoxy) is 1. The minimum absolute atomic E-state index is 0.0784. The third-order valence-electron chi connectivity index (χ3n) is 8.18. The Morgan fingerprint density at radius 1 is 1.04 bits per heavy atom. The Bertz CT molecular complexity index is 1760. The highest BCUT2D eigenvalue weighted by molar-refractivity contribution is 6.07. The minimum Gasteiger partial charge on any atom is -0.463 e. The molecule has 0 N–H and O–H groups in total. The molecule has 0 saturated carbocycles. The number of fused-ring (bicyclic) bond motifs is 2. The van der Waals surface area contributed by atoms with Gasteiger partial charge in [0.25, 0.3) is 0 Å². The van der Waals surface area contributed by atoms with Gasteiger partial charge < -0.3 is 19.4 Å². The van der Waals surface area contributed by atoms with E-state index in [-0.39, 0.29) is 65.0 Å². The topological polar surface area (TPSA) is 78.9 Å². The molecule has 3 aromatic carbocycles. The monoisotopic (exact) mass is 625 g/mol. The van der Waals surface area contributed by atoms with Gasteiger partial charge in [0.15, 0.2) is 12.1 Å². The van der Waals surface area contributed by atoms with Crippen LogP contribution in [-0.2, 0) is 11.0 Å². The van der Waals surface area contributed by atoms with Crippen molar-refractivity contribution in [3.05, 3.63) is 59.4 Å². The van der Waals surface area contributed by atoms with Gasteiger partial charge in [-0.1, -0.05) is 36.4 Å². The van der Waals surface area contributed by atoms with Crippen LogP contribution < -0.4 is 9.64 Å². The summed E-state index contributed by atoms with van der Waals surface area (Å²) in [6, 6.07) is 9.61. The molecule has 0 bridgehead atoms. The molecule has 0 radical (unpaired) electrons. The maximum atomic E-state index is 16.9. The van der Waals surface area contributed by atoms with Crippen LogP contribution in [0.5, 0.6) is 6.01 Å². The fraction of sp³-hybridized carbons (Fsp3) is 0.394. The lowest BCUT2D eigenvalue weighted by Gasteiger charge is -2.44. The second-order valence-electron chi connectivity index (χ2n) is 11.7. The van der Waals surface area contributed by atoms with Gasteiger partial charge in [-0.3, -0.25) is 9.59 Å². The van der Waals surface area contributed by atoms with Crippen molar-refractivity contribution >= 4 is 39.7 Å². The highest BCUT2D eigenvalue weighted by Gasteiger charge is 2.39. The molecule has 1 saturated heterocycles.